The molecule has 0 heterocycles. The van der Waals surface area contributed by atoms with Gasteiger partial charge < -0.3 is 20.1 Å². The molecule has 0 saturated heterocycles. The number of hydrogen-bond donors (Lipinski definition) is 4. The van der Waals surface area contributed by atoms with Gasteiger partial charge in [-0.3, -0.25) is 0 Å². The third-order valence-electron chi connectivity index (χ3n) is 6.29. The molecular weight excluding hydrogens is 691 g/mol. The third kappa shape index (κ3) is 9.75. The number of amides is 4. The summed E-state index contributed by atoms with van der Waals surface area (Å²) in [5, 5.41) is 4.76. The lowest BCUT2D eigenvalue weighted by atomic mass is 10.0. The molecule has 0 radical (unpaired) electrons. The Hall–Kier alpha value is -4.50. The van der Waals surface area contributed by atoms with Crippen molar-refractivity contribution in [3.05, 3.63) is 106 Å². The predicted octanol–water partition coefficient (Wildman–Crippen LogP) is 6.40. The van der Waals surface area contributed by atoms with E-state index in [-0.39, 0.29) is 19.8 Å². The first-order chi connectivity index (χ1) is 22.3. The highest BCUT2D eigenvalue weighted by atomic mass is 35.5. The summed E-state index contributed by atoms with van der Waals surface area (Å²) in [5.41, 5.74) is 2.46. The number of benzene rings is 4. The summed E-state index contributed by atoms with van der Waals surface area (Å²) in [6.45, 7) is 4.32. The number of rotatable bonds is 12. The van der Waals surface area contributed by atoms with E-state index in [4.69, 9.17) is 32.7 Å². The molecular formula is C31H30Cl2N4O8S2. The zero-order valence-corrected chi connectivity index (χ0v) is 28.2. The standard InChI is InChI=1S/C31H30Cl2N4O8S2/c1-3-44-24-13-15-28(26(32)18-24)46(40,41)36-30(38)34-22-9-5-20(6-10-22)17-21-7-11-23(12-8-21)35-31(39)37-47(42,43)29-16-14-25(45-4-2)19-27(29)33/h5-16,18-19H,3-4,17H2,1-2H3,(H2,34,36,38)(H2,35,37,39). The number of carbonyl (C=O) groups excluding carboxylic acids is 2. The molecule has 0 aromatic heterocycles. The van der Waals surface area contributed by atoms with Crippen LogP contribution < -0.4 is 29.6 Å². The second kappa shape index (κ2) is 15.4. The van der Waals surface area contributed by atoms with Crippen LogP contribution in [0.1, 0.15) is 25.0 Å². The highest BCUT2D eigenvalue weighted by Gasteiger charge is 2.23. The lowest BCUT2D eigenvalue weighted by Gasteiger charge is -2.12. The van der Waals surface area contributed by atoms with E-state index in [1.165, 1.54) is 36.4 Å². The van der Waals surface area contributed by atoms with Gasteiger partial charge >= 0.3 is 12.1 Å². The van der Waals surface area contributed by atoms with Crippen molar-refractivity contribution in [3.8, 4) is 11.5 Å². The zero-order valence-electron chi connectivity index (χ0n) is 25.0. The minimum atomic E-state index is -4.25. The fourth-order valence-corrected chi connectivity index (χ4v) is 7.11. The molecule has 4 rings (SSSR count). The van der Waals surface area contributed by atoms with Gasteiger partial charge in [0.25, 0.3) is 20.0 Å². The smallest absolute Gasteiger partial charge is 0.333 e. The van der Waals surface area contributed by atoms with Crippen LogP contribution in [0.4, 0.5) is 21.0 Å². The maximum absolute atomic E-state index is 12.7. The van der Waals surface area contributed by atoms with E-state index in [9.17, 15) is 26.4 Å². The van der Waals surface area contributed by atoms with Crippen LogP contribution in [0.2, 0.25) is 10.0 Å². The summed E-state index contributed by atoms with van der Waals surface area (Å²) >= 11 is 12.2. The molecule has 0 aliphatic rings. The van der Waals surface area contributed by atoms with Gasteiger partial charge in [0.15, 0.2) is 0 Å². The van der Waals surface area contributed by atoms with Crippen molar-refractivity contribution in [1.29, 1.82) is 0 Å². The lowest BCUT2D eigenvalue weighted by molar-refractivity contribution is 0.255. The maximum Gasteiger partial charge on any atom is 0.333 e. The number of hydrogen-bond acceptors (Lipinski definition) is 8. The van der Waals surface area contributed by atoms with Crippen LogP contribution in [0.5, 0.6) is 11.5 Å². The van der Waals surface area contributed by atoms with E-state index < -0.39 is 32.1 Å². The summed E-state index contributed by atoms with van der Waals surface area (Å²) in [7, 11) is -8.50. The van der Waals surface area contributed by atoms with Crippen LogP contribution >= 0.6 is 23.2 Å². The molecule has 4 N–H and O–H groups in total. The van der Waals surface area contributed by atoms with Gasteiger partial charge in [-0.1, -0.05) is 47.5 Å². The number of sulfonamides is 2. The average molecular weight is 722 g/mol. The third-order valence-corrected chi connectivity index (χ3v) is 9.92. The number of ether oxygens (including phenoxy) is 2. The molecule has 0 fully saturated rings. The highest BCUT2D eigenvalue weighted by Crippen LogP contribution is 2.27. The number of carbonyl (C=O) groups is 2. The van der Waals surface area contributed by atoms with Gasteiger partial charge in [-0.2, -0.15) is 0 Å². The minimum Gasteiger partial charge on any atom is -0.494 e. The van der Waals surface area contributed by atoms with Gasteiger partial charge in [0, 0.05) is 23.5 Å². The van der Waals surface area contributed by atoms with Crippen molar-refractivity contribution >= 4 is 66.7 Å². The topological polar surface area (TPSA) is 169 Å². The Kier molecular flexibility index (Phi) is 11.6. The van der Waals surface area contributed by atoms with Crippen molar-refractivity contribution < 1.29 is 35.9 Å². The first-order valence-electron chi connectivity index (χ1n) is 14.0. The fraction of sp³-hybridized carbons (Fsp3) is 0.161. The molecule has 0 atom stereocenters. The zero-order chi connectivity index (χ0) is 34.2. The predicted molar refractivity (Wildman–Crippen MR) is 180 cm³/mol. The number of halogens is 2. The molecule has 4 aromatic carbocycles. The molecule has 4 aromatic rings. The fourth-order valence-electron chi connectivity index (χ4n) is 4.23. The average Bonchev–Trinajstić information content (AvgIpc) is 2.98. The Morgan fingerprint density at radius 3 is 1.28 bits per heavy atom. The van der Waals surface area contributed by atoms with Gasteiger partial charge in [-0.15, -0.1) is 0 Å². The molecule has 0 spiro atoms. The molecule has 0 saturated carbocycles. The minimum absolute atomic E-state index is 0.0916. The number of nitrogens with one attached hydrogen (secondary N) is 4. The first kappa shape index (κ1) is 35.4. The molecule has 16 heteroatoms. The summed E-state index contributed by atoms with van der Waals surface area (Å²) in [6, 6.07) is 19.6. The first-order valence-corrected chi connectivity index (χ1v) is 17.7. The van der Waals surface area contributed by atoms with Gasteiger partial charge in [0.2, 0.25) is 0 Å². The van der Waals surface area contributed by atoms with Crippen LogP contribution in [0.3, 0.4) is 0 Å². The molecule has 248 valence electrons. The van der Waals surface area contributed by atoms with E-state index in [1.807, 2.05) is 9.44 Å². The van der Waals surface area contributed by atoms with E-state index in [0.717, 1.165) is 11.1 Å². The van der Waals surface area contributed by atoms with Gasteiger partial charge in [0.05, 0.1) is 23.3 Å². The van der Waals surface area contributed by atoms with Crippen molar-refractivity contribution in [2.75, 3.05) is 23.8 Å². The molecule has 0 unspecified atom stereocenters. The van der Waals surface area contributed by atoms with Gasteiger partial charge in [-0.25, -0.2) is 35.9 Å². The highest BCUT2D eigenvalue weighted by molar-refractivity contribution is 7.90. The monoisotopic (exact) mass is 720 g/mol. The molecule has 0 aliphatic carbocycles. The van der Waals surface area contributed by atoms with Gasteiger partial charge in [-0.05, 0) is 79.9 Å². The van der Waals surface area contributed by atoms with E-state index >= 15 is 0 Å². The van der Waals surface area contributed by atoms with Crippen molar-refractivity contribution in [1.82, 2.24) is 9.44 Å². The summed E-state index contributed by atoms with van der Waals surface area (Å²) in [4.78, 5) is 24.3. The Bertz CT molecular complexity index is 1830. The molecule has 12 nitrogen and oxygen atoms in total. The van der Waals surface area contributed by atoms with Gasteiger partial charge in [0.1, 0.15) is 21.3 Å². The van der Waals surface area contributed by atoms with Crippen LogP contribution in [-0.2, 0) is 26.5 Å². The quantitative estimate of drug-likeness (QED) is 0.130. The lowest BCUT2D eigenvalue weighted by Crippen LogP contribution is -2.34. The second-order valence-electron chi connectivity index (χ2n) is 9.74. The molecule has 0 aliphatic heterocycles. The Labute approximate surface area is 282 Å². The van der Waals surface area contributed by atoms with Crippen molar-refractivity contribution in [3.63, 3.8) is 0 Å². The SMILES string of the molecule is CCOc1ccc(S(=O)(=O)NC(=O)Nc2ccc(Cc3ccc(NC(=O)NS(=O)(=O)c4ccc(OCC)cc4Cl)cc3)cc2)c(Cl)c1. The van der Waals surface area contributed by atoms with Crippen LogP contribution in [0, 0.1) is 0 Å². The van der Waals surface area contributed by atoms with Crippen LogP contribution in [0.15, 0.2) is 94.7 Å². The Balaban J connectivity index is 1.29. The molecule has 47 heavy (non-hydrogen) atoms. The van der Waals surface area contributed by atoms with E-state index in [1.54, 1.807) is 62.4 Å². The van der Waals surface area contributed by atoms with Crippen LogP contribution in [0.25, 0.3) is 0 Å². The summed E-state index contributed by atoms with van der Waals surface area (Å²) < 4.78 is 65.1. The number of anilines is 2. The maximum atomic E-state index is 12.7. The second-order valence-corrected chi connectivity index (χ2v) is 13.9. The molecule has 0 bridgehead atoms. The largest absolute Gasteiger partial charge is 0.494 e. The number of urea groups is 2. The van der Waals surface area contributed by atoms with Crippen molar-refractivity contribution in [2.24, 2.45) is 0 Å². The van der Waals surface area contributed by atoms with Crippen LogP contribution in [-0.4, -0.2) is 42.1 Å². The normalized spacial score (nSPS) is 11.3. The molecule has 4 amide bonds. The Morgan fingerprint density at radius 2 is 0.957 bits per heavy atom. The van der Waals surface area contributed by atoms with E-state index in [0.29, 0.717) is 42.5 Å². The van der Waals surface area contributed by atoms with E-state index in [2.05, 4.69) is 10.6 Å². The van der Waals surface area contributed by atoms with Crippen molar-refractivity contribution in [2.45, 2.75) is 30.1 Å². The Morgan fingerprint density at radius 1 is 0.596 bits per heavy atom. The summed E-state index contributed by atoms with van der Waals surface area (Å²) in [5.74, 6) is 0.799. The summed E-state index contributed by atoms with van der Waals surface area (Å²) in [6.07, 6.45) is 0.494.